The van der Waals surface area contributed by atoms with E-state index in [1.54, 1.807) is 50.3 Å². The summed E-state index contributed by atoms with van der Waals surface area (Å²) in [6.45, 7) is 3.32. The first-order chi connectivity index (χ1) is 13.3. The minimum atomic E-state index is -1.11. The minimum absolute atomic E-state index is 0.0439. The van der Waals surface area contributed by atoms with Crippen LogP contribution in [0.2, 0.25) is 0 Å². The van der Waals surface area contributed by atoms with Crippen molar-refractivity contribution in [2.45, 2.75) is 19.4 Å². The molecule has 0 aliphatic carbocycles. The van der Waals surface area contributed by atoms with Crippen molar-refractivity contribution in [2.75, 3.05) is 0 Å². The largest absolute Gasteiger partial charge is 0.479 e. The summed E-state index contributed by atoms with van der Waals surface area (Å²) in [6, 6.07) is 12.3. The molecule has 3 aromatic rings. The Morgan fingerprint density at radius 3 is 2.36 bits per heavy atom. The van der Waals surface area contributed by atoms with Gasteiger partial charge in [-0.3, -0.25) is 14.9 Å². The Hall–Kier alpha value is -3.74. The Balaban J connectivity index is 1.98. The fraction of sp³-hybridized carbons (Fsp3) is 0.143. The quantitative estimate of drug-likeness (QED) is 0.290. The van der Waals surface area contributed by atoms with Gasteiger partial charge in [0.25, 0.3) is 5.69 Å². The van der Waals surface area contributed by atoms with Gasteiger partial charge in [0.2, 0.25) is 5.78 Å². The topological polar surface area (TPSA) is 99.7 Å². The molecule has 0 fully saturated rings. The molecule has 28 heavy (non-hydrogen) atoms. The Kier molecular flexibility index (Phi) is 3.88. The van der Waals surface area contributed by atoms with Crippen molar-refractivity contribution in [2.24, 2.45) is 0 Å². The molecule has 0 spiro atoms. The van der Waals surface area contributed by atoms with Crippen LogP contribution in [0.25, 0.3) is 22.6 Å². The van der Waals surface area contributed by atoms with E-state index in [1.807, 2.05) is 0 Å². The molecule has 0 amide bonds. The van der Waals surface area contributed by atoms with E-state index in [9.17, 15) is 19.7 Å². The first-order valence-corrected chi connectivity index (χ1v) is 8.53. The highest BCUT2D eigenvalue weighted by atomic mass is 16.6. The maximum absolute atomic E-state index is 13.1. The molecule has 2 aromatic carbocycles. The predicted octanol–water partition coefficient (Wildman–Crippen LogP) is 3.98. The van der Waals surface area contributed by atoms with Gasteiger partial charge in [-0.25, -0.2) is 4.79 Å². The molecule has 0 unspecified atom stereocenters. The zero-order valence-electron chi connectivity index (χ0n) is 15.1. The van der Waals surface area contributed by atoms with Crippen molar-refractivity contribution in [3.05, 3.63) is 80.2 Å². The number of rotatable bonds is 2. The number of ether oxygens (including phenoxy) is 1. The lowest BCUT2D eigenvalue weighted by Gasteiger charge is -2.32. The molecule has 1 aliphatic rings. The maximum Gasteiger partial charge on any atom is 0.336 e. The summed E-state index contributed by atoms with van der Waals surface area (Å²) in [6.07, 6.45) is 1.63. The van der Waals surface area contributed by atoms with E-state index < -0.39 is 16.1 Å². The van der Waals surface area contributed by atoms with Crippen molar-refractivity contribution in [1.29, 1.82) is 0 Å². The molecule has 0 saturated carbocycles. The molecule has 4 rings (SSSR count). The Morgan fingerprint density at radius 2 is 1.68 bits per heavy atom. The number of carbonyl (C=O) groups excluding carboxylic acids is 1. The third kappa shape index (κ3) is 2.87. The molecule has 0 atom stereocenters. The summed E-state index contributed by atoms with van der Waals surface area (Å²) in [5, 5.41) is 11.5. The zero-order chi connectivity index (χ0) is 20.1. The minimum Gasteiger partial charge on any atom is -0.479 e. The SMILES string of the molecule is CC1(C)Oc2ccc3ccc(=O)oc3c2/C(=C\c2ccc([N+](=O)[O-])cc2)C1=O. The number of non-ortho nitro benzene ring substituents is 1. The summed E-state index contributed by atoms with van der Waals surface area (Å²) in [5.41, 5.74) is -0.0964. The second kappa shape index (κ2) is 6.16. The lowest BCUT2D eigenvalue weighted by molar-refractivity contribution is -0.384. The smallest absolute Gasteiger partial charge is 0.336 e. The van der Waals surface area contributed by atoms with Crippen LogP contribution in [0.3, 0.4) is 0 Å². The average molecular weight is 377 g/mol. The molecule has 0 radical (unpaired) electrons. The van der Waals surface area contributed by atoms with Crippen molar-refractivity contribution < 1.29 is 18.9 Å². The number of hydrogen-bond donors (Lipinski definition) is 0. The van der Waals surface area contributed by atoms with Crippen LogP contribution in [0.15, 0.2) is 57.7 Å². The molecule has 7 heteroatoms. The van der Waals surface area contributed by atoms with Gasteiger partial charge < -0.3 is 9.15 Å². The van der Waals surface area contributed by atoms with Crippen LogP contribution < -0.4 is 10.4 Å². The molecule has 7 nitrogen and oxygen atoms in total. The lowest BCUT2D eigenvalue weighted by atomic mass is 9.86. The van der Waals surface area contributed by atoms with Crippen LogP contribution in [0.4, 0.5) is 5.69 Å². The van der Waals surface area contributed by atoms with Crippen molar-refractivity contribution in [3.8, 4) is 5.75 Å². The van der Waals surface area contributed by atoms with E-state index in [1.165, 1.54) is 18.2 Å². The number of nitrogens with zero attached hydrogens (tertiary/aromatic N) is 1. The summed E-state index contributed by atoms with van der Waals surface area (Å²) in [7, 11) is 0. The summed E-state index contributed by atoms with van der Waals surface area (Å²) < 4.78 is 11.2. The van der Waals surface area contributed by atoms with Crippen LogP contribution in [-0.2, 0) is 4.79 Å². The third-order valence-electron chi connectivity index (χ3n) is 4.59. The zero-order valence-corrected chi connectivity index (χ0v) is 15.1. The van der Waals surface area contributed by atoms with Gasteiger partial charge in [0.05, 0.1) is 10.5 Å². The first-order valence-electron chi connectivity index (χ1n) is 8.53. The maximum atomic E-state index is 13.1. The van der Waals surface area contributed by atoms with Crippen LogP contribution in [0.5, 0.6) is 5.75 Å². The fourth-order valence-corrected chi connectivity index (χ4v) is 3.21. The van der Waals surface area contributed by atoms with Crippen molar-refractivity contribution in [3.63, 3.8) is 0 Å². The van der Waals surface area contributed by atoms with Gasteiger partial charge in [-0.05, 0) is 55.8 Å². The van der Waals surface area contributed by atoms with E-state index in [-0.39, 0.29) is 17.1 Å². The van der Waals surface area contributed by atoms with Crippen molar-refractivity contribution >= 4 is 34.1 Å². The van der Waals surface area contributed by atoms with E-state index in [2.05, 4.69) is 0 Å². The average Bonchev–Trinajstić information content (AvgIpc) is 2.65. The highest BCUT2D eigenvalue weighted by Crippen LogP contribution is 2.42. The lowest BCUT2D eigenvalue weighted by Crippen LogP contribution is -2.42. The molecule has 1 aliphatic heterocycles. The predicted molar refractivity (Wildman–Crippen MR) is 103 cm³/mol. The normalized spacial score (nSPS) is 16.6. The number of nitro benzene ring substituents is 1. The molecule has 2 heterocycles. The standard InChI is InChI=1S/C21H15NO6/c1-21(2)20(24)15(11-12-3-7-14(8-4-12)22(25)26)18-16(28-21)9-5-13-6-10-17(23)27-19(13)18/h3-11H,1-2H3/b15-11+. The number of nitro groups is 1. The second-order valence-electron chi connectivity index (χ2n) is 6.96. The Morgan fingerprint density at radius 1 is 1.00 bits per heavy atom. The van der Waals surface area contributed by atoms with Gasteiger partial charge >= 0.3 is 5.63 Å². The number of Topliss-reactive ketones (excluding diaryl/α,β-unsaturated/α-hetero) is 1. The number of carbonyl (C=O) groups is 1. The van der Waals surface area contributed by atoms with Gasteiger partial charge in [0.15, 0.2) is 5.60 Å². The highest BCUT2D eigenvalue weighted by molar-refractivity contribution is 6.32. The first kappa shape index (κ1) is 17.7. The molecular formula is C21H15NO6. The number of fused-ring (bicyclic) bond motifs is 3. The molecule has 0 bridgehead atoms. The van der Waals surface area contributed by atoms with Gasteiger partial charge in [0, 0.05) is 29.2 Å². The van der Waals surface area contributed by atoms with E-state index in [0.29, 0.717) is 27.8 Å². The van der Waals surface area contributed by atoms with Gasteiger partial charge in [-0.1, -0.05) is 0 Å². The summed E-state index contributed by atoms with van der Waals surface area (Å²) in [5.74, 6) is 0.150. The number of hydrogen-bond acceptors (Lipinski definition) is 6. The van der Waals surface area contributed by atoms with Crippen LogP contribution in [0, 0.1) is 10.1 Å². The van der Waals surface area contributed by atoms with Gasteiger partial charge in [0.1, 0.15) is 11.3 Å². The monoisotopic (exact) mass is 377 g/mol. The number of benzene rings is 2. The summed E-state index contributed by atoms with van der Waals surface area (Å²) >= 11 is 0. The van der Waals surface area contributed by atoms with Crippen LogP contribution >= 0.6 is 0 Å². The molecule has 140 valence electrons. The Labute approximate surface area is 159 Å². The van der Waals surface area contributed by atoms with E-state index in [0.717, 1.165) is 0 Å². The molecule has 0 N–H and O–H groups in total. The van der Waals surface area contributed by atoms with Crippen molar-refractivity contribution in [1.82, 2.24) is 0 Å². The number of ketones is 1. The van der Waals surface area contributed by atoms with Gasteiger partial charge in [-0.2, -0.15) is 0 Å². The van der Waals surface area contributed by atoms with E-state index >= 15 is 0 Å². The van der Waals surface area contributed by atoms with E-state index in [4.69, 9.17) is 9.15 Å². The second-order valence-corrected chi connectivity index (χ2v) is 6.96. The Bertz CT molecular complexity index is 1220. The summed E-state index contributed by atoms with van der Waals surface area (Å²) in [4.78, 5) is 35.2. The fourth-order valence-electron chi connectivity index (χ4n) is 3.21. The highest BCUT2D eigenvalue weighted by Gasteiger charge is 2.40. The molecular weight excluding hydrogens is 362 g/mol. The molecule has 0 saturated heterocycles. The van der Waals surface area contributed by atoms with Gasteiger partial charge in [-0.15, -0.1) is 0 Å². The van der Waals surface area contributed by atoms with Crippen LogP contribution in [0.1, 0.15) is 25.0 Å². The molecule has 1 aromatic heterocycles. The third-order valence-corrected chi connectivity index (χ3v) is 4.59. The van der Waals surface area contributed by atoms with Crippen LogP contribution in [-0.4, -0.2) is 16.3 Å².